The highest BCUT2D eigenvalue weighted by Crippen LogP contribution is 2.21. The number of aromatic nitrogens is 1. The number of anilines is 1. The molecule has 1 aromatic heterocycles. The van der Waals surface area contributed by atoms with Gasteiger partial charge in [0.25, 0.3) is 5.91 Å². The molecule has 122 valence electrons. The van der Waals surface area contributed by atoms with E-state index in [9.17, 15) is 9.59 Å². The molecule has 1 aromatic rings. The topological polar surface area (TPSA) is 83.6 Å². The van der Waals surface area contributed by atoms with E-state index in [4.69, 9.17) is 4.74 Å². The molecule has 1 fully saturated rings. The SMILES string of the molecule is CCC(CC)C(=O)NNC(=O)c1csc(N2CCOCC2)n1. The fraction of sp³-hybridized carbons (Fsp3) is 0.643. The first kappa shape index (κ1) is 16.7. The molecule has 2 rings (SSSR count). The van der Waals surface area contributed by atoms with E-state index in [1.54, 1.807) is 5.38 Å². The van der Waals surface area contributed by atoms with Crippen LogP contribution in [0.2, 0.25) is 0 Å². The molecule has 0 aromatic carbocycles. The molecule has 7 nitrogen and oxygen atoms in total. The number of nitrogens with one attached hydrogen (secondary N) is 2. The number of hydrazine groups is 1. The zero-order chi connectivity index (χ0) is 15.9. The maximum Gasteiger partial charge on any atom is 0.289 e. The number of amides is 2. The molecule has 0 radical (unpaired) electrons. The second-order valence-corrected chi connectivity index (χ2v) is 5.91. The molecule has 0 spiro atoms. The third kappa shape index (κ3) is 4.17. The lowest BCUT2D eigenvalue weighted by Gasteiger charge is -2.25. The van der Waals surface area contributed by atoms with Crippen molar-refractivity contribution in [3.63, 3.8) is 0 Å². The van der Waals surface area contributed by atoms with E-state index in [0.717, 1.165) is 31.1 Å². The Hall–Kier alpha value is -1.67. The van der Waals surface area contributed by atoms with Crippen LogP contribution in [-0.2, 0) is 9.53 Å². The first-order chi connectivity index (χ1) is 10.7. The standard InChI is InChI=1S/C14H22N4O3S/c1-3-10(4-2)12(19)16-17-13(20)11-9-22-14(15-11)18-5-7-21-8-6-18/h9-10H,3-8H2,1-2H3,(H,16,19)(H,17,20). The van der Waals surface area contributed by atoms with Crippen LogP contribution in [0.15, 0.2) is 5.38 Å². The van der Waals surface area contributed by atoms with Gasteiger partial charge in [-0.3, -0.25) is 20.4 Å². The van der Waals surface area contributed by atoms with E-state index in [1.807, 2.05) is 13.8 Å². The van der Waals surface area contributed by atoms with Crippen molar-refractivity contribution in [2.24, 2.45) is 5.92 Å². The minimum Gasteiger partial charge on any atom is -0.378 e. The van der Waals surface area contributed by atoms with Gasteiger partial charge in [0.05, 0.1) is 13.2 Å². The third-order valence-corrected chi connectivity index (χ3v) is 4.56. The number of carbonyl (C=O) groups excluding carboxylic acids is 2. The van der Waals surface area contributed by atoms with Gasteiger partial charge in [-0.1, -0.05) is 13.8 Å². The van der Waals surface area contributed by atoms with Gasteiger partial charge < -0.3 is 9.64 Å². The highest BCUT2D eigenvalue weighted by atomic mass is 32.1. The monoisotopic (exact) mass is 326 g/mol. The Bertz CT molecular complexity index is 510. The molecule has 2 amide bonds. The highest BCUT2D eigenvalue weighted by Gasteiger charge is 2.19. The number of carbonyl (C=O) groups is 2. The van der Waals surface area contributed by atoms with Gasteiger partial charge in [-0.25, -0.2) is 4.98 Å². The van der Waals surface area contributed by atoms with Crippen LogP contribution in [0, 0.1) is 5.92 Å². The molecule has 2 heterocycles. The van der Waals surface area contributed by atoms with Crippen LogP contribution in [0.1, 0.15) is 37.2 Å². The maximum atomic E-state index is 12.0. The molecule has 2 N–H and O–H groups in total. The number of ether oxygens (including phenoxy) is 1. The fourth-order valence-electron chi connectivity index (χ4n) is 2.21. The zero-order valence-electron chi connectivity index (χ0n) is 12.9. The van der Waals surface area contributed by atoms with Crippen molar-refractivity contribution >= 4 is 28.3 Å². The van der Waals surface area contributed by atoms with Crippen molar-refractivity contribution in [2.45, 2.75) is 26.7 Å². The van der Waals surface area contributed by atoms with Crippen LogP contribution in [-0.4, -0.2) is 43.1 Å². The molecule has 0 aliphatic carbocycles. The van der Waals surface area contributed by atoms with Gasteiger partial charge in [-0.2, -0.15) is 0 Å². The summed E-state index contributed by atoms with van der Waals surface area (Å²) in [7, 11) is 0. The van der Waals surface area contributed by atoms with Crippen molar-refractivity contribution in [3.8, 4) is 0 Å². The molecular formula is C14H22N4O3S. The largest absolute Gasteiger partial charge is 0.378 e. The summed E-state index contributed by atoms with van der Waals surface area (Å²) in [6.07, 6.45) is 1.49. The Morgan fingerprint density at radius 1 is 1.32 bits per heavy atom. The van der Waals surface area contributed by atoms with E-state index in [2.05, 4.69) is 20.7 Å². The molecule has 0 saturated carbocycles. The predicted molar refractivity (Wildman–Crippen MR) is 84.8 cm³/mol. The van der Waals surface area contributed by atoms with Gasteiger partial charge in [0, 0.05) is 24.4 Å². The van der Waals surface area contributed by atoms with Crippen LogP contribution in [0.3, 0.4) is 0 Å². The van der Waals surface area contributed by atoms with E-state index in [1.165, 1.54) is 11.3 Å². The fourth-order valence-corrected chi connectivity index (χ4v) is 3.07. The van der Waals surface area contributed by atoms with Gasteiger partial charge in [0.2, 0.25) is 5.91 Å². The lowest BCUT2D eigenvalue weighted by atomic mass is 10.0. The van der Waals surface area contributed by atoms with Crippen molar-refractivity contribution in [3.05, 3.63) is 11.1 Å². The highest BCUT2D eigenvalue weighted by molar-refractivity contribution is 7.13. The summed E-state index contributed by atoms with van der Waals surface area (Å²) in [6.45, 7) is 6.80. The molecule has 0 bridgehead atoms. The average molecular weight is 326 g/mol. The first-order valence-corrected chi connectivity index (χ1v) is 8.42. The summed E-state index contributed by atoms with van der Waals surface area (Å²) in [6, 6.07) is 0. The molecule has 8 heteroatoms. The number of rotatable bonds is 5. The Kier molecular flexibility index (Phi) is 6.14. The average Bonchev–Trinajstić information content (AvgIpc) is 3.04. The van der Waals surface area contributed by atoms with Crippen LogP contribution < -0.4 is 15.8 Å². The predicted octanol–water partition coefficient (Wildman–Crippen LogP) is 1.18. The smallest absolute Gasteiger partial charge is 0.289 e. The van der Waals surface area contributed by atoms with E-state index < -0.39 is 5.91 Å². The van der Waals surface area contributed by atoms with Crippen LogP contribution >= 0.6 is 11.3 Å². The van der Waals surface area contributed by atoms with Crippen molar-refractivity contribution in [1.29, 1.82) is 0 Å². The molecular weight excluding hydrogens is 304 g/mol. The number of thiazole rings is 1. The van der Waals surface area contributed by atoms with E-state index >= 15 is 0 Å². The Morgan fingerprint density at radius 3 is 2.64 bits per heavy atom. The lowest BCUT2D eigenvalue weighted by molar-refractivity contribution is -0.125. The van der Waals surface area contributed by atoms with Gasteiger partial charge in [0.15, 0.2) is 5.13 Å². The number of hydrogen-bond donors (Lipinski definition) is 2. The van der Waals surface area contributed by atoms with Crippen molar-refractivity contribution in [2.75, 3.05) is 31.2 Å². The Balaban J connectivity index is 1.87. The van der Waals surface area contributed by atoms with Gasteiger partial charge in [0.1, 0.15) is 5.69 Å². The normalized spacial score (nSPS) is 15.0. The van der Waals surface area contributed by atoms with E-state index in [0.29, 0.717) is 18.9 Å². The molecule has 0 atom stereocenters. The van der Waals surface area contributed by atoms with E-state index in [-0.39, 0.29) is 11.8 Å². The van der Waals surface area contributed by atoms with Gasteiger partial charge >= 0.3 is 0 Å². The summed E-state index contributed by atoms with van der Waals surface area (Å²) in [5, 5.41) is 2.50. The molecule has 1 aliphatic heterocycles. The number of morpholine rings is 1. The zero-order valence-corrected chi connectivity index (χ0v) is 13.7. The van der Waals surface area contributed by atoms with Gasteiger partial charge in [-0.05, 0) is 12.8 Å². The van der Waals surface area contributed by atoms with Crippen LogP contribution in [0.25, 0.3) is 0 Å². The lowest BCUT2D eigenvalue weighted by Crippen LogP contribution is -2.44. The maximum absolute atomic E-state index is 12.0. The minimum atomic E-state index is -0.393. The Labute approximate surface area is 134 Å². The summed E-state index contributed by atoms with van der Waals surface area (Å²) in [4.78, 5) is 30.3. The molecule has 0 unspecified atom stereocenters. The minimum absolute atomic E-state index is 0.0837. The molecule has 1 saturated heterocycles. The Morgan fingerprint density at radius 2 is 2.00 bits per heavy atom. The second-order valence-electron chi connectivity index (χ2n) is 5.07. The first-order valence-electron chi connectivity index (χ1n) is 7.54. The second kappa shape index (κ2) is 8.09. The number of nitrogens with zero attached hydrogens (tertiary/aromatic N) is 2. The third-order valence-electron chi connectivity index (χ3n) is 3.66. The van der Waals surface area contributed by atoms with Crippen LogP contribution in [0.4, 0.5) is 5.13 Å². The number of hydrogen-bond acceptors (Lipinski definition) is 6. The summed E-state index contributed by atoms with van der Waals surface area (Å²) < 4.78 is 5.29. The quantitative estimate of drug-likeness (QED) is 0.794. The summed E-state index contributed by atoms with van der Waals surface area (Å²) in [5.41, 5.74) is 5.21. The summed E-state index contributed by atoms with van der Waals surface area (Å²) >= 11 is 1.42. The van der Waals surface area contributed by atoms with Crippen molar-refractivity contribution in [1.82, 2.24) is 15.8 Å². The van der Waals surface area contributed by atoms with Crippen LogP contribution in [0.5, 0.6) is 0 Å². The summed E-state index contributed by atoms with van der Waals surface area (Å²) in [5.74, 6) is -0.642. The molecule has 22 heavy (non-hydrogen) atoms. The molecule has 1 aliphatic rings. The van der Waals surface area contributed by atoms with Crippen molar-refractivity contribution < 1.29 is 14.3 Å². The van der Waals surface area contributed by atoms with Gasteiger partial charge in [-0.15, -0.1) is 11.3 Å².